The third-order valence-electron chi connectivity index (χ3n) is 4.57. The Morgan fingerprint density at radius 1 is 1.37 bits per heavy atom. The van der Waals surface area contributed by atoms with E-state index in [1.54, 1.807) is 28.8 Å². The molecule has 3 rings (SSSR count). The van der Waals surface area contributed by atoms with Crippen LogP contribution in [0.1, 0.15) is 23.8 Å². The summed E-state index contributed by atoms with van der Waals surface area (Å²) in [5, 5.41) is 4.59. The molecule has 1 N–H and O–H groups in total. The number of nitrogens with zero attached hydrogens (tertiary/aromatic N) is 2. The molecule has 6 nitrogen and oxygen atoms in total. The molecule has 160 valence electrons. The summed E-state index contributed by atoms with van der Waals surface area (Å²) in [6.45, 7) is 7.59. The number of hydrogen-bond acceptors (Lipinski definition) is 6. The number of aryl methyl sites for hydroxylation is 2. The van der Waals surface area contributed by atoms with Gasteiger partial charge in [-0.15, -0.1) is 11.3 Å². The number of thioether (sulfide) groups is 1. The Hall–Kier alpha value is -1.87. The standard InChI is InChI=1S/C21H24ClN3O3S2/c1-4-28-10-6-9-25-20(27)18-13(2)14(3)30-19(18)24-21(25)29-12-17(26)23-16-8-5-7-15(22)11-16/h5,7-8,11H,4,6,9-10,12H2,1-3H3,(H,23,26). The third-order valence-corrected chi connectivity index (χ3v) is 6.88. The molecule has 0 unspecified atom stereocenters. The molecule has 1 amide bonds. The van der Waals surface area contributed by atoms with Crippen LogP contribution in [0.25, 0.3) is 10.2 Å². The molecule has 0 saturated heterocycles. The van der Waals surface area contributed by atoms with Gasteiger partial charge in [0.25, 0.3) is 5.56 Å². The van der Waals surface area contributed by atoms with Gasteiger partial charge in [0.1, 0.15) is 4.83 Å². The largest absolute Gasteiger partial charge is 0.382 e. The summed E-state index contributed by atoms with van der Waals surface area (Å²) in [7, 11) is 0. The first-order valence-corrected chi connectivity index (χ1v) is 11.8. The van der Waals surface area contributed by atoms with Crippen LogP contribution in [-0.2, 0) is 16.1 Å². The molecule has 9 heteroatoms. The van der Waals surface area contributed by atoms with Gasteiger partial charge in [-0.3, -0.25) is 14.2 Å². The molecular formula is C21H24ClN3O3S2. The third kappa shape index (κ3) is 5.43. The first kappa shape index (κ1) is 22.8. The maximum Gasteiger partial charge on any atom is 0.263 e. The number of aromatic nitrogens is 2. The molecule has 0 aliphatic rings. The molecule has 0 aliphatic carbocycles. The smallest absolute Gasteiger partial charge is 0.263 e. The summed E-state index contributed by atoms with van der Waals surface area (Å²) in [5.41, 5.74) is 1.55. The SMILES string of the molecule is CCOCCCn1c(SCC(=O)Nc2cccc(Cl)c2)nc2sc(C)c(C)c2c1=O. The summed E-state index contributed by atoms with van der Waals surface area (Å²) in [4.78, 5) is 32.1. The lowest BCUT2D eigenvalue weighted by Crippen LogP contribution is -2.25. The zero-order valence-corrected chi connectivity index (χ0v) is 19.5. The summed E-state index contributed by atoms with van der Waals surface area (Å²) in [6.07, 6.45) is 0.700. The molecule has 3 aromatic rings. The van der Waals surface area contributed by atoms with E-state index in [-0.39, 0.29) is 17.2 Å². The predicted molar refractivity (Wildman–Crippen MR) is 125 cm³/mol. The molecule has 2 aromatic heterocycles. The fraction of sp³-hybridized carbons (Fsp3) is 0.381. The second kappa shape index (κ2) is 10.4. The van der Waals surface area contributed by atoms with Gasteiger partial charge in [0.2, 0.25) is 5.91 Å². The minimum Gasteiger partial charge on any atom is -0.382 e. The van der Waals surface area contributed by atoms with Crippen LogP contribution in [-0.4, -0.2) is 34.4 Å². The van der Waals surface area contributed by atoms with E-state index >= 15 is 0 Å². The Kier molecular flexibility index (Phi) is 7.93. The second-order valence-electron chi connectivity index (χ2n) is 6.71. The number of rotatable bonds is 9. The number of thiophene rings is 1. The van der Waals surface area contributed by atoms with E-state index in [4.69, 9.17) is 21.3 Å². The molecule has 1 aromatic carbocycles. The van der Waals surface area contributed by atoms with E-state index in [0.29, 0.717) is 52.3 Å². The number of amides is 1. The Morgan fingerprint density at radius 3 is 2.90 bits per heavy atom. The number of carbonyl (C=O) groups excluding carboxylic acids is 1. The summed E-state index contributed by atoms with van der Waals surface area (Å²) >= 11 is 8.73. The van der Waals surface area contributed by atoms with E-state index in [9.17, 15) is 9.59 Å². The number of nitrogens with one attached hydrogen (secondary N) is 1. The van der Waals surface area contributed by atoms with Crippen molar-refractivity contribution in [3.8, 4) is 0 Å². The Bertz CT molecular complexity index is 1110. The number of benzene rings is 1. The Balaban J connectivity index is 1.81. The van der Waals surface area contributed by atoms with Crippen LogP contribution in [0.2, 0.25) is 5.02 Å². The van der Waals surface area contributed by atoms with Gasteiger partial charge in [-0.05, 0) is 51.0 Å². The lowest BCUT2D eigenvalue weighted by atomic mass is 10.2. The number of fused-ring (bicyclic) bond motifs is 1. The lowest BCUT2D eigenvalue weighted by molar-refractivity contribution is -0.113. The van der Waals surface area contributed by atoms with Crippen LogP contribution in [0, 0.1) is 13.8 Å². The molecule has 30 heavy (non-hydrogen) atoms. The van der Waals surface area contributed by atoms with Crippen LogP contribution in [0.4, 0.5) is 5.69 Å². The second-order valence-corrected chi connectivity index (χ2v) is 9.29. The van der Waals surface area contributed by atoms with Crippen molar-refractivity contribution in [1.29, 1.82) is 0 Å². The number of anilines is 1. The maximum absolute atomic E-state index is 13.2. The van der Waals surface area contributed by atoms with Gasteiger partial charge in [-0.1, -0.05) is 29.4 Å². The monoisotopic (exact) mass is 465 g/mol. The first-order chi connectivity index (χ1) is 14.4. The highest BCUT2D eigenvalue weighted by Gasteiger charge is 2.17. The van der Waals surface area contributed by atoms with Crippen molar-refractivity contribution in [2.45, 2.75) is 38.9 Å². The molecule has 0 saturated carbocycles. The zero-order chi connectivity index (χ0) is 21.7. The highest BCUT2D eigenvalue weighted by atomic mass is 35.5. The van der Waals surface area contributed by atoms with Gasteiger partial charge in [-0.25, -0.2) is 4.98 Å². The highest BCUT2D eigenvalue weighted by molar-refractivity contribution is 7.99. The van der Waals surface area contributed by atoms with E-state index in [1.165, 1.54) is 23.1 Å². The summed E-state index contributed by atoms with van der Waals surface area (Å²) in [6, 6.07) is 6.99. The Labute approximate surface area is 188 Å². The minimum atomic E-state index is -0.184. The molecule has 0 radical (unpaired) electrons. The van der Waals surface area contributed by atoms with Crippen molar-refractivity contribution in [1.82, 2.24) is 9.55 Å². The number of halogens is 1. The predicted octanol–water partition coefficient (Wildman–Crippen LogP) is 4.89. The van der Waals surface area contributed by atoms with Crippen LogP contribution in [0.3, 0.4) is 0 Å². The topological polar surface area (TPSA) is 73.2 Å². The van der Waals surface area contributed by atoms with E-state index in [2.05, 4.69) is 5.32 Å². The number of ether oxygens (including phenoxy) is 1. The molecule has 0 atom stereocenters. The summed E-state index contributed by atoms with van der Waals surface area (Å²) < 4.78 is 7.07. The molecule has 2 heterocycles. The van der Waals surface area contributed by atoms with Crippen LogP contribution < -0.4 is 10.9 Å². The van der Waals surface area contributed by atoms with Crippen molar-refractivity contribution in [3.05, 3.63) is 50.1 Å². The Morgan fingerprint density at radius 2 is 2.17 bits per heavy atom. The molecule has 0 bridgehead atoms. The maximum atomic E-state index is 13.2. The van der Waals surface area contributed by atoms with Crippen molar-refractivity contribution in [2.24, 2.45) is 0 Å². The minimum absolute atomic E-state index is 0.0592. The quantitative estimate of drug-likeness (QED) is 0.277. The molecular weight excluding hydrogens is 442 g/mol. The fourth-order valence-electron chi connectivity index (χ4n) is 2.98. The average molecular weight is 466 g/mol. The molecule has 0 fully saturated rings. The van der Waals surface area contributed by atoms with Gasteiger partial charge in [0.15, 0.2) is 5.16 Å². The van der Waals surface area contributed by atoms with Gasteiger partial charge >= 0.3 is 0 Å². The highest BCUT2D eigenvalue weighted by Crippen LogP contribution is 2.28. The molecule has 0 spiro atoms. The van der Waals surface area contributed by atoms with E-state index < -0.39 is 0 Å². The fourth-order valence-corrected chi connectivity index (χ4v) is 5.06. The van der Waals surface area contributed by atoms with Crippen molar-refractivity contribution in [3.63, 3.8) is 0 Å². The van der Waals surface area contributed by atoms with Crippen LogP contribution in [0.5, 0.6) is 0 Å². The van der Waals surface area contributed by atoms with Gasteiger partial charge < -0.3 is 10.1 Å². The van der Waals surface area contributed by atoms with Gasteiger partial charge in [0.05, 0.1) is 11.1 Å². The van der Waals surface area contributed by atoms with Gasteiger partial charge in [0, 0.05) is 35.3 Å². The van der Waals surface area contributed by atoms with Gasteiger partial charge in [-0.2, -0.15) is 0 Å². The zero-order valence-electron chi connectivity index (χ0n) is 17.2. The van der Waals surface area contributed by atoms with E-state index in [1.807, 2.05) is 20.8 Å². The first-order valence-electron chi connectivity index (χ1n) is 9.67. The van der Waals surface area contributed by atoms with Crippen molar-refractivity contribution < 1.29 is 9.53 Å². The molecule has 0 aliphatic heterocycles. The number of hydrogen-bond donors (Lipinski definition) is 1. The van der Waals surface area contributed by atoms with Crippen LogP contribution >= 0.6 is 34.7 Å². The van der Waals surface area contributed by atoms with Crippen LogP contribution in [0.15, 0.2) is 34.2 Å². The average Bonchev–Trinajstić information content (AvgIpc) is 2.99. The van der Waals surface area contributed by atoms with Crippen molar-refractivity contribution in [2.75, 3.05) is 24.3 Å². The normalized spacial score (nSPS) is 11.2. The van der Waals surface area contributed by atoms with E-state index in [0.717, 1.165) is 10.4 Å². The summed E-state index contributed by atoms with van der Waals surface area (Å²) in [5.74, 6) is -0.0461. The number of carbonyl (C=O) groups is 1. The van der Waals surface area contributed by atoms with Crippen molar-refractivity contribution >= 4 is 56.5 Å². The lowest BCUT2D eigenvalue weighted by Gasteiger charge is -2.12.